The van der Waals surface area contributed by atoms with E-state index in [9.17, 15) is 4.79 Å². The molecule has 0 spiro atoms. The lowest BCUT2D eigenvalue weighted by molar-refractivity contribution is 0.0929. The maximum Gasteiger partial charge on any atom is 0.166 e. The Kier molecular flexibility index (Phi) is 4.46. The summed E-state index contributed by atoms with van der Waals surface area (Å²) in [5.74, 6) is 1.78. The highest BCUT2D eigenvalue weighted by molar-refractivity contribution is 6.02. The van der Waals surface area contributed by atoms with Crippen molar-refractivity contribution >= 4 is 5.78 Å². The molecule has 3 nitrogen and oxygen atoms in total. The first-order valence-corrected chi connectivity index (χ1v) is 7.00. The Balaban J connectivity index is 2.18. The molecule has 3 heteroatoms. The van der Waals surface area contributed by atoms with Gasteiger partial charge < -0.3 is 9.47 Å². The minimum Gasteiger partial charge on any atom is -0.493 e. The molecule has 1 aliphatic carbocycles. The third kappa shape index (κ3) is 2.75. The van der Waals surface area contributed by atoms with Crippen LogP contribution in [0.25, 0.3) is 0 Å². The predicted molar refractivity (Wildman–Crippen MR) is 75.2 cm³/mol. The second-order valence-electron chi connectivity index (χ2n) is 5.13. The largest absolute Gasteiger partial charge is 0.493 e. The molecule has 0 heterocycles. The van der Waals surface area contributed by atoms with Crippen molar-refractivity contribution in [3.05, 3.63) is 23.3 Å². The Labute approximate surface area is 114 Å². The van der Waals surface area contributed by atoms with Gasteiger partial charge >= 0.3 is 0 Å². The average molecular weight is 262 g/mol. The van der Waals surface area contributed by atoms with Crippen LogP contribution in [-0.4, -0.2) is 20.0 Å². The van der Waals surface area contributed by atoms with E-state index in [2.05, 4.69) is 6.92 Å². The van der Waals surface area contributed by atoms with Crippen LogP contribution in [0.15, 0.2) is 12.1 Å². The first-order valence-electron chi connectivity index (χ1n) is 7.00. The smallest absolute Gasteiger partial charge is 0.166 e. The number of rotatable bonds is 6. The van der Waals surface area contributed by atoms with Gasteiger partial charge in [0.2, 0.25) is 0 Å². The zero-order valence-electron chi connectivity index (χ0n) is 12.0. The molecule has 1 atom stereocenters. The number of ketones is 1. The molecule has 0 saturated carbocycles. The number of hydrogen-bond acceptors (Lipinski definition) is 3. The van der Waals surface area contributed by atoms with E-state index in [1.807, 2.05) is 12.1 Å². The summed E-state index contributed by atoms with van der Waals surface area (Å²) in [6.45, 7) is 2.18. The molecule has 0 N–H and O–H groups in total. The highest BCUT2D eigenvalue weighted by Crippen LogP contribution is 2.37. The second-order valence-corrected chi connectivity index (χ2v) is 5.13. The summed E-state index contributed by atoms with van der Waals surface area (Å²) in [4.78, 5) is 12.4. The molecule has 19 heavy (non-hydrogen) atoms. The zero-order valence-corrected chi connectivity index (χ0v) is 12.0. The van der Waals surface area contributed by atoms with Gasteiger partial charge in [0.25, 0.3) is 0 Å². The van der Waals surface area contributed by atoms with Gasteiger partial charge in [0.15, 0.2) is 17.3 Å². The molecule has 1 aliphatic rings. The Morgan fingerprint density at radius 2 is 1.84 bits per heavy atom. The van der Waals surface area contributed by atoms with E-state index < -0.39 is 0 Å². The van der Waals surface area contributed by atoms with Crippen molar-refractivity contribution in [2.75, 3.05) is 14.2 Å². The van der Waals surface area contributed by atoms with E-state index in [0.29, 0.717) is 11.5 Å². The summed E-state index contributed by atoms with van der Waals surface area (Å²) >= 11 is 0. The first kappa shape index (κ1) is 13.9. The summed E-state index contributed by atoms with van der Waals surface area (Å²) in [6.07, 6.45) is 5.36. The first-order chi connectivity index (χ1) is 9.21. The van der Waals surface area contributed by atoms with E-state index in [0.717, 1.165) is 30.4 Å². The Hall–Kier alpha value is -1.51. The van der Waals surface area contributed by atoms with Gasteiger partial charge in [-0.05, 0) is 30.5 Å². The molecule has 0 amide bonds. The molecule has 0 aliphatic heterocycles. The number of unbranched alkanes of at least 4 members (excludes halogenated alkanes) is 2. The number of benzene rings is 1. The Morgan fingerprint density at radius 1 is 1.16 bits per heavy atom. The highest BCUT2D eigenvalue weighted by Gasteiger charge is 2.31. The topological polar surface area (TPSA) is 35.5 Å². The SMILES string of the molecule is CCCCCC1Cc2cc(OC)c(OC)cc2C1=O. The van der Waals surface area contributed by atoms with Crippen LogP contribution < -0.4 is 9.47 Å². The van der Waals surface area contributed by atoms with Crippen molar-refractivity contribution < 1.29 is 14.3 Å². The molecule has 0 aromatic heterocycles. The molecule has 0 fully saturated rings. The fourth-order valence-corrected chi connectivity index (χ4v) is 2.77. The van der Waals surface area contributed by atoms with E-state index in [4.69, 9.17) is 9.47 Å². The second kappa shape index (κ2) is 6.09. The van der Waals surface area contributed by atoms with Crippen LogP contribution in [-0.2, 0) is 6.42 Å². The molecule has 104 valence electrons. The Morgan fingerprint density at radius 3 is 2.47 bits per heavy atom. The number of ether oxygens (including phenoxy) is 2. The van der Waals surface area contributed by atoms with Crippen molar-refractivity contribution in [3.63, 3.8) is 0 Å². The number of Topliss-reactive ketones (excluding diaryl/α,β-unsaturated/α-hetero) is 1. The molecule has 0 radical (unpaired) electrons. The van der Waals surface area contributed by atoms with Gasteiger partial charge in [0, 0.05) is 11.5 Å². The molecule has 1 unspecified atom stereocenters. The number of carbonyl (C=O) groups is 1. The van der Waals surface area contributed by atoms with Crippen molar-refractivity contribution in [1.29, 1.82) is 0 Å². The number of fused-ring (bicyclic) bond motifs is 1. The van der Waals surface area contributed by atoms with Crippen molar-refractivity contribution in [1.82, 2.24) is 0 Å². The van der Waals surface area contributed by atoms with Gasteiger partial charge in [0.05, 0.1) is 14.2 Å². The minimum atomic E-state index is 0.151. The van der Waals surface area contributed by atoms with Gasteiger partial charge in [-0.3, -0.25) is 4.79 Å². The summed E-state index contributed by atoms with van der Waals surface area (Å²) in [7, 11) is 3.22. The lowest BCUT2D eigenvalue weighted by Crippen LogP contribution is -2.08. The van der Waals surface area contributed by atoms with E-state index in [-0.39, 0.29) is 11.7 Å². The zero-order chi connectivity index (χ0) is 13.8. The highest BCUT2D eigenvalue weighted by atomic mass is 16.5. The molecular formula is C16H22O3. The van der Waals surface area contributed by atoms with E-state index in [1.165, 1.54) is 12.8 Å². The fourth-order valence-electron chi connectivity index (χ4n) is 2.77. The van der Waals surface area contributed by atoms with Crippen molar-refractivity contribution in [3.8, 4) is 11.5 Å². The van der Waals surface area contributed by atoms with Gasteiger partial charge in [-0.2, -0.15) is 0 Å². The van der Waals surface area contributed by atoms with Crippen molar-refractivity contribution in [2.45, 2.75) is 39.0 Å². The van der Waals surface area contributed by atoms with Crippen molar-refractivity contribution in [2.24, 2.45) is 5.92 Å². The summed E-state index contributed by atoms with van der Waals surface area (Å²) < 4.78 is 10.6. The number of methoxy groups -OCH3 is 2. The van der Waals surface area contributed by atoms with Crippen LogP contribution in [0.3, 0.4) is 0 Å². The monoisotopic (exact) mass is 262 g/mol. The van der Waals surface area contributed by atoms with Gasteiger partial charge in [-0.15, -0.1) is 0 Å². The molecular weight excluding hydrogens is 240 g/mol. The van der Waals surface area contributed by atoms with Crippen LogP contribution in [0.5, 0.6) is 11.5 Å². The lowest BCUT2D eigenvalue weighted by Gasteiger charge is -2.09. The van der Waals surface area contributed by atoms with Gasteiger partial charge in [-0.1, -0.05) is 26.2 Å². The average Bonchev–Trinajstić information content (AvgIpc) is 2.74. The maximum absolute atomic E-state index is 12.4. The summed E-state index contributed by atoms with van der Waals surface area (Å²) in [5.41, 5.74) is 1.92. The van der Waals surface area contributed by atoms with Crippen LogP contribution in [0.2, 0.25) is 0 Å². The normalized spacial score (nSPS) is 17.4. The molecule has 0 bridgehead atoms. The van der Waals surface area contributed by atoms with Crippen LogP contribution in [0, 0.1) is 5.92 Å². The molecule has 1 aromatic rings. The van der Waals surface area contributed by atoms with Crippen LogP contribution in [0.4, 0.5) is 0 Å². The van der Waals surface area contributed by atoms with Crippen LogP contribution >= 0.6 is 0 Å². The third-order valence-electron chi connectivity index (χ3n) is 3.87. The van der Waals surface area contributed by atoms with E-state index in [1.54, 1.807) is 14.2 Å². The summed E-state index contributed by atoms with van der Waals surface area (Å²) in [5, 5.41) is 0. The minimum absolute atomic E-state index is 0.151. The van der Waals surface area contributed by atoms with Gasteiger partial charge in [0.1, 0.15) is 0 Å². The quantitative estimate of drug-likeness (QED) is 0.734. The van der Waals surface area contributed by atoms with E-state index >= 15 is 0 Å². The lowest BCUT2D eigenvalue weighted by atomic mass is 9.97. The molecule has 2 rings (SSSR count). The maximum atomic E-state index is 12.4. The predicted octanol–water partition coefficient (Wildman–Crippen LogP) is 3.64. The third-order valence-corrected chi connectivity index (χ3v) is 3.87. The van der Waals surface area contributed by atoms with Gasteiger partial charge in [-0.25, -0.2) is 0 Å². The number of hydrogen-bond donors (Lipinski definition) is 0. The Bertz CT molecular complexity index is 465. The molecule has 1 aromatic carbocycles. The van der Waals surface area contributed by atoms with Crippen LogP contribution in [0.1, 0.15) is 48.5 Å². The standard InChI is InChI=1S/C16H22O3/c1-4-5-6-7-11-8-12-9-14(18-2)15(19-3)10-13(12)16(11)17/h9-11H,4-8H2,1-3H3. The summed E-state index contributed by atoms with van der Waals surface area (Å²) in [6, 6.07) is 3.78. The molecule has 0 saturated heterocycles. The fraction of sp³-hybridized carbons (Fsp3) is 0.562. The number of carbonyl (C=O) groups excluding carboxylic acids is 1.